The van der Waals surface area contributed by atoms with Crippen LogP contribution in [0.4, 0.5) is 5.82 Å². The number of hydrogen-bond donors (Lipinski definition) is 1. The van der Waals surface area contributed by atoms with E-state index < -0.39 is 0 Å². The van der Waals surface area contributed by atoms with E-state index in [0.717, 1.165) is 17.4 Å². The van der Waals surface area contributed by atoms with E-state index in [1.54, 1.807) is 0 Å². The second-order valence-electron chi connectivity index (χ2n) is 4.72. The fraction of sp³-hybridized carbons (Fsp3) is 0.385. The number of amides is 1. The van der Waals surface area contributed by atoms with Crippen molar-refractivity contribution in [2.24, 2.45) is 17.8 Å². The van der Waals surface area contributed by atoms with Gasteiger partial charge in [-0.15, -0.1) is 0 Å². The molecule has 0 radical (unpaired) electrons. The molecular formula is C13H13BrN2O. The van der Waals surface area contributed by atoms with E-state index in [1.807, 2.05) is 18.2 Å². The van der Waals surface area contributed by atoms with Gasteiger partial charge in [0.05, 0.1) is 0 Å². The second kappa shape index (κ2) is 4.26. The zero-order valence-electron chi connectivity index (χ0n) is 9.27. The van der Waals surface area contributed by atoms with Crippen molar-refractivity contribution in [2.75, 3.05) is 5.32 Å². The quantitative estimate of drug-likeness (QED) is 0.673. The average molecular weight is 293 g/mol. The summed E-state index contributed by atoms with van der Waals surface area (Å²) in [6.07, 6.45) is 6.56. The third kappa shape index (κ3) is 2.14. The standard InChI is InChI=1S/C13H13BrN2O/c14-11-2-1-3-12(15-11)16-13(17)10-7-8-4-5-9(10)6-8/h1-5,8-10H,6-7H2,(H,15,16,17). The minimum atomic E-state index is 0.104. The predicted octanol–water partition coefficient (Wildman–Crippen LogP) is 2.99. The van der Waals surface area contributed by atoms with E-state index in [1.165, 1.54) is 0 Å². The minimum Gasteiger partial charge on any atom is -0.310 e. The molecule has 1 heterocycles. The molecule has 2 bridgehead atoms. The molecule has 88 valence electrons. The van der Waals surface area contributed by atoms with Gasteiger partial charge < -0.3 is 5.32 Å². The summed E-state index contributed by atoms with van der Waals surface area (Å²) in [4.78, 5) is 16.3. The lowest BCUT2D eigenvalue weighted by atomic mass is 9.93. The number of pyridine rings is 1. The monoisotopic (exact) mass is 292 g/mol. The maximum Gasteiger partial charge on any atom is 0.229 e. The van der Waals surface area contributed by atoms with Gasteiger partial charge in [-0.25, -0.2) is 4.98 Å². The van der Waals surface area contributed by atoms with Crippen LogP contribution >= 0.6 is 15.9 Å². The van der Waals surface area contributed by atoms with Gasteiger partial charge in [0.25, 0.3) is 0 Å². The van der Waals surface area contributed by atoms with Crippen LogP contribution in [0.5, 0.6) is 0 Å². The number of nitrogens with one attached hydrogen (secondary N) is 1. The molecule has 1 fully saturated rings. The Morgan fingerprint density at radius 2 is 2.24 bits per heavy atom. The van der Waals surface area contributed by atoms with Gasteiger partial charge in [0.1, 0.15) is 10.4 Å². The number of anilines is 1. The molecular weight excluding hydrogens is 280 g/mol. The van der Waals surface area contributed by atoms with Crippen LogP contribution in [-0.4, -0.2) is 10.9 Å². The van der Waals surface area contributed by atoms with Gasteiger partial charge in [-0.05, 0) is 52.7 Å². The largest absolute Gasteiger partial charge is 0.310 e. The zero-order chi connectivity index (χ0) is 11.8. The maximum atomic E-state index is 12.1. The summed E-state index contributed by atoms with van der Waals surface area (Å²) in [5, 5.41) is 2.90. The number of rotatable bonds is 2. The van der Waals surface area contributed by atoms with Gasteiger partial charge in [-0.3, -0.25) is 4.79 Å². The summed E-state index contributed by atoms with van der Waals surface area (Å²) >= 11 is 3.29. The molecule has 4 heteroatoms. The molecule has 1 aromatic rings. The van der Waals surface area contributed by atoms with E-state index in [9.17, 15) is 4.79 Å². The second-order valence-corrected chi connectivity index (χ2v) is 5.53. The molecule has 3 nitrogen and oxygen atoms in total. The highest BCUT2D eigenvalue weighted by Crippen LogP contribution is 2.43. The van der Waals surface area contributed by atoms with Crippen molar-refractivity contribution in [1.29, 1.82) is 0 Å². The number of allylic oxidation sites excluding steroid dienone is 2. The number of hydrogen-bond acceptors (Lipinski definition) is 2. The molecule has 1 saturated carbocycles. The molecule has 2 aliphatic rings. The lowest BCUT2D eigenvalue weighted by molar-refractivity contribution is -0.120. The molecule has 0 spiro atoms. The van der Waals surface area contributed by atoms with Gasteiger partial charge >= 0.3 is 0 Å². The highest BCUT2D eigenvalue weighted by atomic mass is 79.9. The van der Waals surface area contributed by atoms with Crippen LogP contribution in [0, 0.1) is 17.8 Å². The van der Waals surface area contributed by atoms with Crippen molar-refractivity contribution in [3.05, 3.63) is 35.0 Å². The van der Waals surface area contributed by atoms with Crippen molar-refractivity contribution in [1.82, 2.24) is 4.98 Å². The van der Waals surface area contributed by atoms with Crippen LogP contribution in [-0.2, 0) is 4.79 Å². The Labute approximate surface area is 108 Å². The van der Waals surface area contributed by atoms with Gasteiger partial charge in [-0.1, -0.05) is 18.2 Å². The highest BCUT2D eigenvalue weighted by molar-refractivity contribution is 9.10. The van der Waals surface area contributed by atoms with Crippen LogP contribution in [0.2, 0.25) is 0 Å². The fourth-order valence-corrected chi connectivity index (χ4v) is 3.12. The Balaban J connectivity index is 1.70. The van der Waals surface area contributed by atoms with Crippen molar-refractivity contribution >= 4 is 27.7 Å². The normalized spacial score (nSPS) is 29.6. The summed E-state index contributed by atoms with van der Waals surface area (Å²) in [5.41, 5.74) is 0. The Kier molecular flexibility index (Phi) is 2.74. The SMILES string of the molecule is O=C(Nc1cccc(Br)n1)C1CC2C=CC1C2. The first kappa shape index (κ1) is 11.0. The maximum absolute atomic E-state index is 12.1. The first-order valence-corrected chi connectivity index (χ1v) is 6.63. The summed E-state index contributed by atoms with van der Waals surface area (Å²) < 4.78 is 0.739. The molecule has 1 N–H and O–H groups in total. The number of carbonyl (C=O) groups excluding carboxylic acids is 1. The van der Waals surface area contributed by atoms with Crippen molar-refractivity contribution in [2.45, 2.75) is 12.8 Å². The molecule has 3 atom stereocenters. The van der Waals surface area contributed by atoms with Gasteiger partial charge in [0.2, 0.25) is 5.91 Å². The first-order chi connectivity index (χ1) is 8.22. The van der Waals surface area contributed by atoms with Crippen LogP contribution in [0.15, 0.2) is 35.0 Å². The summed E-state index contributed by atoms with van der Waals surface area (Å²) in [5.74, 6) is 1.91. The van der Waals surface area contributed by atoms with Crippen LogP contribution in [0.3, 0.4) is 0 Å². The average Bonchev–Trinajstić information content (AvgIpc) is 2.90. The molecule has 1 aromatic heterocycles. The van der Waals surface area contributed by atoms with E-state index in [4.69, 9.17) is 0 Å². The predicted molar refractivity (Wildman–Crippen MR) is 69.4 cm³/mol. The van der Waals surface area contributed by atoms with E-state index in [0.29, 0.717) is 17.7 Å². The number of fused-ring (bicyclic) bond motifs is 2. The number of nitrogens with zero attached hydrogens (tertiary/aromatic N) is 1. The molecule has 3 rings (SSSR count). The minimum absolute atomic E-state index is 0.104. The van der Waals surface area contributed by atoms with Crippen molar-refractivity contribution in [3.8, 4) is 0 Å². The van der Waals surface area contributed by atoms with Crippen LogP contribution < -0.4 is 5.32 Å². The highest BCUT2D eigenvalue weighted by Gasteiger charge is 2.39. The topological polar surface area (TPSA) is 42.0 Å². The van der Waals surface area contributed by atoms with Gasteiger partial charge in [0, 0.05) is 5.92 Å². The lowest BCUT2D eigenvalue weighted by Crippen LogP contribution is -2.26. The van der Waals surface area contributed by atoms with Gasteiger partial charge in [-0.2, -0.15) is 0 Å². The van der Waals surface area contributed by atoms with Gasteiger partial charge in [0.15, 0.2) is 0 Å². The molecule has 0 aromatic carbocycles. The summed E-state index contributed by atoms with van der Waals surface area (Å²) in [6.45, 7) is 0. The molecule has 17 heavy (non-hydrogen) atoms. The Morgan fingerprint density at radius 1 is 1.35 bits per heavy atom. The van der Waals surface area contributed by atoms with E-state index >= 15 is 0 Å². The van der Waals surface area contributed by atoms with Crippen molar-refractivity contribution in [3.63, 3.8) is 0 Å². The van der Waals surface area contributed by atoms with E-state index in [2.05, 4.69) is 38.4 Å². The molecule has 3 unspecified atom stereocenters. The molecule has 0 aliphatic heterocycles. The summed E-state index contributed by atoms with van der Waals surface area (Å²) in [6, 6.07) is 5.52. The van der Waals surface area contributed by atoms with Crippen molar-refractivity contribution < 1.29 is 4.79 Å². The third-order valence-corrected chi connectivity index (χ3v) is 4.02. The van der Waals surface area contributed by atoms with Crippen LogP contribution in [0.1, 0.15) is 12.8 Å². The summed E-state index contributed by atoms with van der Waals surface area (Å²) in [7, 11) is 0. The molecule has 0 saturated heterocycles. The fourth-order valence-electron chi connectivity index (χ4n) is 2.78. The molecule has 1 amide bonds. The number of halogens is 1. The Hall–Kier alpha value is -1.16. The molecule has 2 aliphatic carbocycles. The van der Waals surface area contributed by atoms with Crippen LogP contribution in [0.25, 0.3) is 0 Å². The Morgan fingerprint density at radius 3 is 2.88 bits per heavy atom. The first-order valence-electron chi connectivity index (χ1n) is 5.84. The lowest BCUT2D eigenvalue weighted by Gasteiger charge is -2.17. The number of aromatic nitrogens is 1. The number of carbonyl (C=O) groups is 1. The third-order valence-electron chi connectivity index (χ3n) is 3.58. The van der Waals surface area contributed by atoms with E-state index in [-0.39, 0.29) is 11.8 Å². The Bertz CT molecular complexity index is 486. The smallest absolute Gasteiger partial charge is 0.229 e. The zero-order valence-corrected chi connectivity index (χ0v) is 10.9.